The molecule has 0 aliphatic heterocycles. The molecule has 1 rings (SSSR count). The standard InChI is InChI=1S/C13H15ClO/c1-3-11(2)15-13-8-4-6-12(10-13)7-5-9-14/h4,6,8,10-11H,3,9H2,1-2H3. The lowest BCUT2D eigenvalue weighted by Gasteiger charge is -2.12. The SMILES string of the molecule is CCC(C)Oc1cccc(C#CCCl)c1. The van der Waals surface area contributed by atoms with Crippen LogP contribution in [0.1, 0.15) is 25.8 Å². The fourth-order valence-electron chi connectivity index (χ4n) is 1.10. The van der Waals surface area contributed by atoms with Gasteiger partial charge in [0.25, 0.3) is 0 Å². The number of hydrogen-bond acceptors (Lipinski definition) is 1. The second-order valence-electron chi connectivity index (χ2n) is 3.30. The third-order valence-electron chi connectivity index (χ3n) is 2.05. The minimum absolute atomic E-state index is 0.237. The number of hydrogen-bond donors (Lipinski definition) is 0. The first-order valence-corrected chi connectivity index (χ1v) is 5.61. The maximum Gasteiger partial charge on any atom is 0.120 e. The van der Waals surface area contributed by atoms with E-state index in [-0.39, 0.29) is 6.10 Å². The Morgan fingerprint density at radius 3 is 2.93 bits per heavy atom. The van der Waals surface area contributed by atoms with Gasteiger partial charge in [-0.3, -0.25) is 0 Å². The highest BCUT2D eigenvalue weighted by molar-refractivity contribution is 6.19. The zero-order valence-electron chi connectivity index (χ0n) is 9.09. The van der Waals surface area contributed by atoms with Gasteiger partial charge in [-0.2, -0.15) is 0 Å². The zero-order valence-corrected chi connectivity index (χ0v) is 9.84. The molecule has 0 aliphatic rings. The highest BCUT2D eigenvalue weighted by Gasteiger charge is 2.00. The van der Waals surface area contributed by atoms with Crippen molar-refractivity contribution in [1.82, 2.24) is 0 Å². The van der Waals surface area contributed by atoms with Gasteiger partial charge < -0.3 is 4.74 Å². The molecular weight excluding hydrogens is 208 g/mol. The number of alkyl halides is 1. The van der Waals surface area contributed by atoms with E-state index in [2.05, 4.69) is 25.7 Å². The van der Waals surface area contributed by atoms with Crippen LogP contribution < -0.4 is 4.74 Å². The Hall–Kier alpha value is -1.13. The van der Waals surface area contributed by atoms with E-state index < -0.39 is 0 Å². The molecule has 0 amide bonds. The largest absolute Gasteiger partial charge is 0.491 e. The van der Waals surface area contributed by atoms with Gasteiger partial charge in [-0.05, 0) is 31.5 Å². The predicted molar refractivity (Wildman–Crippen MR) is 64.4 cm³/mol. The molecule has 0 spiro atoms. The van der Waals surface area contributed by atoms with Gasteiger partial charge in [0, 0.05) is 5.56 Å². The lowest BCUT2D eigenvalue weighted by atomic mass is 10.2. The topological polar surface area (TPSA) is 9.23 Å². The van der Waals surface area contributed by atoms with Crippen LogP contribution in [0.25, 0.3) is 0 Å². The van der Waals surface area contributed by atoms with E-state index in [1.54, 1.807) is 0 Å². The van der Waals surface area contributed by atoms with Gasteiger partial charge in [0.15, 0.2) is 0 Å². The summed E-state index contributed by atoms with van der Waals surface area (Å²) in [4.78, 5) is 0. The van der Waals surface area contributed by atoms with Gasteiger partial charge in [-0.25, -0.2) is 0 Å². The van der Waals surface area contributed by atoms with Crippen molar-refractivity contribution in [1.29, 1.82) is 0 Å². The molecule has 0 saturated carbocycles. The highest BCUT2D eigenvalue weighted by Crippen LogP contribution is 2.15. The maximum atomic E-state index is 5.68. The Labute approximate surface area is 96.4 Å². The second kappa shape index (κ2) is 6.37. The first-order chi connectivity index (χ1) is 7.26. The molecule has 0 fully saturated rings. The van der Waals surface area contributed by atoms with Gasteiger partial charge in [-0.1, -0.05) is 24.8 Å². The molecule has 2 heteroatoms. The fourth-order valence-corrected chi connectivity index (χ4v) is 1.17. The molecule has 0 aliphatic carbocycles. The predicted octanol–water partition coefficient (Wildman–Crippen LogP) is 3.45. The Kier molecular flexibility index (Phi) is 5.07. The van der Waals surface area contributed by atoms with Crippen LogP contribution in [0.15, 0.2) is 24.3 Å². The monoisotopic (exact) mass is 222 g/mol. The number of rotatable bonds is 3. The molecule has 1 aromatic rings. The molecule has 0 radical (unpaired) electrons. The van der Waals surface area contributed by atoms with Crippen molar-refractivity contribution in [2.75, 3.05) is 5.88 Å². The van der Waals surface area contributed by atoms with E-state index in [1.807, 2.05) is 24.3 Å². The molecule has 0 N–H and O–H groups in total. The summed E-state index contributed by atoms with van der Waals surface area (Å²) in [6.07, 6.45) is 1.23. The first-order valence-electron chi connectivity index (χ1n) is 5.07. The van der Waals surface area contributed by atoms with E-state index in [0.29, 0.717) is 5.88 Å². The summed E-state index contributed by atoms with van der Waals surface area (Å²) in [5, 5.41) is 0. The normalized spacial score (nSPS) is 11.4. The van der Waals surface area contributed by atoms with E-state index >= 15 is 0 Å². The van der Waals surface area contributed by atoms with Gasteiger partial charge in [0.1, 0.15) is 5.75 Å². The molecular formula is C13H15ClO. The van der Waals surface area contributed by atoms with Crippen LogP contribution in [-0.4, -0.2) is 12.0 Å². The number of ether oxygens (including phenoxy) is 1. The van der Waals surface area contributed by atoms with Crippen molar-refractivity contribution in [2.24, 2.45) is 0 Å². The molecule has 1 unspecified atom stereocenters. The van der Waals surface area contributed by atoms with Crippen molar-refractivity contribution in [2.45, 2.75) is 26.4 Å². The van der Waals surface area contributed by atoms with Gasteiger partial charge in [-0.15, -0.1) is 11.6 Å². The van der Waals surface area contributed by atoms with Crippen molar-refractivity contribution < 1.29 is 4.74 Å². The zero-order chi connectivity index (χ0) is 11.1. The summed E-state index contributed by atoms with van der Waals surface area (Å²) in [5.74, 6) is 7.01. The Morgan fingerprint density at radius 2 is 2.27 bits per heavy atom. The van der Waals surface area contributed by atoms with Gasteiger partial charge >= 0.3 is 0 Å². The minimum atomic E-state index is 0.237. The summed E-state index contributed by atoms with van der Waals surface area (Å²) >= 11 is 5.49. The Balaban J connectivity index is 2.74. The van der Waals surface area contributed by atoms with E-state index in [9.17, 15) is 0 Å². The third kappa shape index (κ3) is 4.27. The number of benzene rings is 1. The third-order valence-corrected chi connectivity index (χ3v) is 2.18. The molecule has 1 nitrogen and oxygen atoms in total. The van der Waals surface area contributed by atoms with E-state index in [0.717, 1.165) is 17.7 Å². The fraction of sp³-hybridized carbons (Fsp3) is 0.385. The average Bonchev–Trinajstić information content (AvgIpc) is 2.26. The summed E-state index contributed by atoms with van der Waals surface area (Å²) in [7, 11) is 0. The number of halogens is 1. The molecule has 0 saturated heterocycles. The van der Waals surface area contributed by atoms with Crippen LogP contribution in [0.5, 0.6) is 5.75 Å². The van der Waals surface area contributed by atoms with Crippen LogP contribution >= 0.6 is 11.6 Å². The molecule has 0 heterocycles. The van der Waals surface area contributed by atoms with Gasteiger partial charge in [0.05, 0.1) is 12.0 Å². The van der Waals surface area contributed by atoms with Crippen molar-refractivity contribution >= 4 is 11.6 Å². The quantitative estimate of drug-likeness (QED) is 0.562. The van der Waals surface area contributed by atoms with Crippen LogP contribution in [0.2, 0.25) is 0 Å². The van der Waals surface area contributed by atoms with E-state index in [1.165, 1.54) is 0 Å². The molecule has 1 aromatic carbocycles. The van der Waals surface area contributed by atoms with E-state index in [4.69, 9.17) is 16.3 Å². The highest BCUT2D eigenvalue weighted by atomic mass is 35.5. The lowest BCUT2D eigenvalue weighted by Crippen LogP contribution is -2.09. The molecule has 0 bridgehead atoms. The van der Waals surface area contributed by atoms with Gasteiger partial charge in [0.2, 0.25) is 0 Å². The molecule has 0 aromatic heterocycles. The maximum absolute atomic E-state index is 5.68. The molecule has 15 heavy (non-hydrogen) atoms. The average molecular weight is 223 g/mol. The van der Waals surface area contributed by atoms with Crippen molar-refractivity contribution in [3.05, 3.63) is 29.8 Å². The molecule has 1 atom stereocenters. The summed E-state index contributed by atoms with van der Waals surface area (Å²) in [6, 6.07) is 7.77. The smallest absolute Gasteiger partial charge is 0.120 e. The second-order valence-corrected chi connectivity index (χ2v) is 3.57. The van der Waals surface area contributed by atoms with Crippen LogP contribution in [0, 0.1) is 11.8 Å². The first kappa shape index (κ1) is 11.9. The molecule has 80 valence electrons. The van der Waals surface area contributed by atoms with Crippen LogP contribution in [0.3, 0.4) is 0 Å². The van der Waals surface area contributed by atoms with Crippen molar-refractivity contribution in [3.63, 3.8) is 0 Å². The summed E-state index contributed by atoms with van der Waals surface area (Å²) < 4.78 is 5.68. The lowest BCUT2D eigenvalue weighted by molar-refractivity contribution is 0.217. The Bertz CT molecular complexity index is 362. The van der Waals surface area contributed by atoms with Crippen LogP contribution in [0.4, 0.5) is 0 Å². The van der Waals surface area contributed by atoms with Crippen molar-refractivity contribution in [3.8, 4) is 17.6 Å². The summed E-state index contributed by atoms with van der Waals surface area (Å²) in [5.41, 5.74) is 0.941. The van der Waals surface area contributed by atoms with Crippen LogP contribution in [-0.2, 0) is 0 Å². The minimum Gasteiger partial charge on any atom is -0.491 e. The summed E-state index contributed by atoms with van der Waals surface area (Å²) in [6.45, 7) is 4.15. The Morgan fingerprint density at radius 1 is 1.47 bits per heavy atom.